The second-order valence-corrected chi connectivity index (χ2v) is 9.99. The van der Waals surface area contributed by atoms with E-state index in [1.165, 1.54) is 0 Å². The lowest BCUT2D eigenvalue weighted by molar-refractivity contribution is -0.136. The number of nitrogens with one attached hydrogen (secondary N) is 1. The monoisotopic (exact) mass is 505 g/mol. The molecule has 0 bridgehead atoms. The minimum atomic E-state index is -1.14. The van der Waals surface area contributed by atoms with Gasteiger partial charge in [-0.3, -0.25) is 34.3 Å². The van der Waals surface area contributed by atoms with Crippen LogP contribution in [0, 0.1) is 0 Å². The summed E-state index contributed by atoms with van der Waals surface area (Å²) in [5.41, 5.74) is 0.933. The summed E-state index contributed by atoms with van der Waals surface area (Å²) in [7, 11) is 0. The summed E-state index contributed by atoms with van der Waals surface area (Å²) in [5, 5.41) is 13.7. The minimum absolute atomic E-state index is 0.0670. The first-order valence-electron chi connectivity index (χ1n) is 12.5. The molecule has 6 rings (SSSR count). The maximum absolute atomic E-state index is 13.2. The smallest absolute Gasteiger partial charge is 0.262 e. The number of hydrogen-bond donors (Lipinski definition) is 2. The van der Waals surface area contributed by atoms with Crippen LogP contribution in [0.25, 0.3) is 0 Å². The molecule has 1 atom stereocenters. The summed E-state index contributed by atoms with van der Waals surface area (Å²) >= 11 is 0. The number of imide groups is 2. The molecule has 4 heterocycles. The van der Waals surface area contributed by atoms with E-state index in [9.17, 15) is 24.3 Å². The normalized spacial score (nSPS) is 23.2. The van der Waals surface area contributed by atoms with Gasteiger partial charge in [0.1, 0.15) is 19.3 Å². The van der Waals surface area contributed by atoms with Gasteiger partial charge in [-0.15, -0.1) is 0 Å². The highest BCUT2D eigenvalue weighted by molar-refractivity contribution is 6.23. The molecule has 10 heteroatoms. The number of nitrogens with zero attached hydrogens (tertiary/aromatic N) is 2. The van der Waals surface area contributed by atoms with E-state index in [1.54, 1.807) is 18.2 Å². The number of carbonyl (C=O) groups excluding carboxylic acids is 4. The van der Waals surface area contributed by atoms with Gasteiger partial charge < -0.3 is 14.6 Å². The number of benzene rings is 2. The predicted octanol–water partition coefficient (Wildman–Crippen LogP) is 1.34. The van der Waals surface area contributed by atoms with Crippen molar-refractivity contribution < 1.29 is 33.8 Å². The third-order valence-electron chi connectivity index (χ3n) is 7.67. The second-order valence-electron chi connectivity index (χ2n) is 9.99. The van der Waals surface area contributed by atoms with Crippen molar-refractivity contribution in [1.82, 2.24) is 15.1 Å². The van der Waals surface area contributed by atoms with Crippen molar-refractivity contribution in [2.45, 2.75) is 43.9 Å². The largest absolute Gasteiger partial charge is 0.486 e. The molecule has 37 heavy (non-hydrogen) atoms. The van der Waals surface area contributed by atoms with Crippen molar-refractivity contribution in [3.05, 3.63) is 58.7 Å². The topological polar surface area (TPSA) is 125 Å². The molecule has 4 aliphatic heterocycles. The standard InChI is InChI=1S/C27H27N3O7/c31-23-6-4-20(24(32)28-23)30-25(33)18-3-2-17(14-19(18)26(30)34)27(35)7-9-29(10-8-27)15-16-1-5-21-22(13-16)37-12-11-36-21/h1-3,5,13-14,20,35H,4,6-12,15H2,(H,28,31,32). The van der Waals surface area contributed by atoms with Crippen LogP contribution in [0.15, 0.2) is 36.4 Å². The Bertz CT molecular complexity index is 1320. The molecule has 2 aromatic rings. The molecule has 4 amide bonds. The Morgan fingerprint density at radius 1 is 0.919 bits per heavy atom. The van der Waals surface area contributed by atoms with E-state index in [2.05, 4.69) is 10.2 Å². The van der Waals surface area contributed by atoms with Crippen LogP contribution in [0.1, 0.15) is 57.5 Å². The predicted molar refractivity (Wildman–Crippen MR) is 129 cm³/mol. The number of rotatable bonds is 4. The van der Waals surface area contributed by atoms with E-state index in [0.29, 0.717) is 51.3 Å². The Labute approximate surface area is 213 Å². The SMILES string of the molecule is O=C1CCC(N2C(=O)c3ccc(C4(O)CCN(Cc5ccc6c(c5)OCCO6)CC4)cc3C2=O)C(=O)N1. The van der Waals surface area contributed by atoms with E-state index in [-0.39, 0.29) is 24.0 Å². The van der Waals surface area contributed by atoms with E-state index in [4.69, 9.17) is 9.47 Å². The Balaban J connectivity index is 1.15. The number of amides is 4. The van der Waals surface area contributed by atoms with Crippen LogP contribution in [0.4, 0.5) is 0 Å². The van der Waals surface area contributed by atoms with Crippen LogP contribution >= 0.6 is 0 Å². The summed E-state index contributed by atoms with van der Waals surface area (Å²) in [6.07, 6.45) is 1.11. The van der Waals surface area contributed by atoms with Gasteiger partial charge in [-0.05, 0) is 54.7 Å². The van der Waals surface area contributed by atoms with Crippen molar-refractivity contribution in [3.63, 3.8) is 0 Å². The van der Waals surface area contributed by atoms with Crippen LogP contribution in [0.5, 0.6) is 11.5 Å². The highest BCUT2D eigenvalue weighted by atomic mass is 16.6. The Kier molecular flexibility index (Phi) is 5.73. The fourth-order valence-electron chi connectivity index (χ4n) is 5.57. The molecular formula is C27H27N3O7. The van der Waals surface area contributed by atoms with E-state index < -0.39 is 35.3 Å². The lowest BCUT2D eigenvalue weighted by Gasteiger charge is -2.38. The van der Waals surface area contributed by atoms with Crippen molar-refractivity contribution in [2.24, 2.45) is 0 Å². The molecule has 10 nitrogen and oxygen atoms in total. The average Bonchev–Trinajstić information content (AvgIpc) is 3.15. The maximum Gasteiger partial charge on any atom is 0.262 e. The molecule has 0 aromatic heterocycles. The summed E-state index contributed by atoms with van der Waals surface area (Å²) in [6.45, 7) is 3.10. The van der Waals surface area contributed by atoms with Crippen molar-refractivity contribution >= 4 is 23.6 Å². The van der Waals surface area contributed by atoms with Gasteiger partial charge in [0, 0.05) is 26.1 Å². The quantitative estimate of drug-likeness (QED) is 0.597. The highest BCUT2D eigenvalue weighted by Crippen LogP contribution is 2.37. The molecule has 2 fully saturated rings. The number of piperidine rings is 2. The molecule has 0 spiro atoms. The van der Waals surface area contributed by atoms with Gasteiger partial charge >= 0.3 is 0 Å². The molecule has 2 N–H and O–H groups in total. The molecule has 0 saturated carbocycles. The third kappa shape index (κ3) is 4.15. The second kappa shape index (κ2) is 8.97. The van der Waals surface area contributed by atoms with Crippen molar-refractivity contribution in [2.75, 3.05) is 26.3 Å². The molecule has 0 aliphatic carbocycles. The first-order valence-corrected chi connectivity index (χ1v) is 12.5. The molecule has 1 unspecified atom stereocenters. The first kappa shape index (κ1) is 23.6. The van der Waals surface area contributed by atoms with Crippen LogP contribution < -0.4 is 14.8 Å². The summed E-state index contributed by atoms with van der Waals surface area (Å²) < 4.78 is 11.3. The summed E-state index contributed by atoms with van der Waals surface area (Å²) in [5.74, 6) is -0.680. The minimum Gasteiger partial charge on any atom is -0.486 e. The van der Waals surface area contributed by atoms with Gasteiger partial charge in [-0.25, -0.2) is 0 Å². The first-order chi connectivity index (χ1) is 17.8. The number of hydrogen-bond acceptors (Lipinski definition) is 8. The number of likely N-dealkylation sites (tertiary alicyclic amines) is 1. The summed E-state index contributed by atoms with van der Waals surface area (Å²) in [6, 6.07) is 9.74. The van der Waals surface area contributed by atoms with Gasteiger partial charge in [-0.2, -0.15) is 0 Å². The maximum atomic E-state index is 13.2. The molecule has 2 saturated heterocycles. The lowest BCUT2D eigenvalue weighted by Crippen LogP contribution is -2.54. The van der Waals surface area contributed by atoms with Crippen molar-refractivity contribution in [3.8, 4) is 11.5 Å². The Morgan fingerprint density at radius 3 is 2.41 bits per heavy atom. The summed E-state index contributed by atoms with van der Waals surface area (Å²) in [4.78, 5) is 53.1. The highest BCUT2D eigenvalue weighted by Gasteiger charge is 2.45. The van der Waals surface area contributed by atoms with Gasteiger partial charge in [0.25, 0.3) is 11.8 Å². The number of fused-ring (bicyclic) bond motifs is 2. The van der Waals surface area contributed by atoms with E-state index in [1.807, 2.05) is 18.2 Å². The van der Waals surface area contributed by atoms with Crippen LogP contribution in [-0.2, 0) is 21.7 Å². The van der Waals surface area contributed by atoms with Gasteiger partial charge in [-0.1, -0.05) is 12.1 Å². The number of carbonyl (C=O) groups is 4. The van der Waals surface area contributed by atoms with Gasteiger partial charge in [0.2, 0.25) is 11.8 Å². The van der Waals surface area contributed by atoms with Gasteiger partial charge in [0.15, 0.2) is 11.5 Å². The molecular weight excluding hydrogens is 478 g/mol. The van der Waals surface area contributed by atoms with Crippen molar-refractivity contribution in [1.29, 1.82) is 0 Å². The molecule has 2 aromatic carbocycles. The lowest BCUT2D eigenvalue weighted by atomic mass is 9.83. The van der Waals surface area contributed by atoms with Crippen LogP contribution in [-0.4, -0.2) is 70.9 Å². The van der Waals surface area contributed by atoms with Crippen LogP contribution in [0.3, 0.4) is 0 Å². The zero-order chi connectivity index (χ0) is 25.7. The average molecular weight is 506 g/mol. The van der Waals surface area contributed by atoms with E-state index >= 15 is 0 Å². The number of aliphatic hydroxyl groups is 1. The fraction of sp³-hybridized carbons (Fsp3) is 0.407. The zero-order valence-corrected chi connectivity index (χ0v) is 20.2. The fourth-order valence-corrected chi connectivity index (χ4v) is 5.57. The van der Waals surface area contributed by atoms with E-state index in [0.717, 1.165) is 22.0 Å². The Hall–Kier alpha value is -3.76. The molecule has 0 radical (unpaired) electrons. The third-order valence-corrected chi connectivity index (χ3v) is 7.67. The van der Waals surface area contributed by atoms with Crippen LogP contribution in [0.2, 0.25) is 0 Å². The zero-order valence-electron chi connectivity index (χ0n) is 20.2. The van der Waals surface area contributed by atoms with Gasteiger partial charge in [0.05, 0.1) is 16.7 Å². The molecule has 4 aliphatic rings. The Morgan fingerprint density at radius 2 is 1.65 bits per heavy atom. The number of ether oxygens (including phenoxy) is 2. The molecule has 192 valence electrons.